The van der Waals surface area contributed by atoms with E-state index >= 15 is 0 Å². The summed E-state index contributed by atoms with van der Waals surface area (Å²) in [7, 11) is -6.96. The van der Waals surface area contributed by atoms with Crippen LogP contribution in [0.5, 0.6) is 0 Å². The summed E-state index contributed by atoms with van der Waals surface area (Å²) in [4.78, 5) is -0.533. The fourth-order valence-electron chi connectivity index (χ4n) is 1.65. The van der Waals surface area contributed by atoms with Gasteiger partial charge in [0.05, 0.1) is 11.9 Å². The van der Waals surface area contributed by atoms with Crippen LogP contribution in [0.4, 0.5) is 10.1 Å². The van der Waals surface area contributed by atoms with Gasteiger partial charge in [0, 0.05) is 7.05 Å². The number of nitrogens with one attached hydrogen (secondary N) is 1. The van der Waals surface area contributed by atoms with Crippen LogP contribution >= 0.6 is 0 Å². The first-order chi connectivity index (χ1) is 9.61. The molecule has 0 aliphatic rings. The molecule has 0 radical (unpaired) electrons. The van der Waals surface area contributed by atoms with Gasteiger partial charge in [0.1, 0.15) is 10.7 Å². The van der Waals surface area contributed by atoms with Gasteiger partial charge in [-0.1, -0.05) is 0 Å². The number of aromatic nitrogens is 2. The minimum Gasteiger partial charge on any atom is -0.277 e. The van der Waals surface area contributed by atoms with Crippen molar-refractivity contribution in [2.24, 2.45) is 12.2 Å². The highest BCUT2D eigenvalue weighted by molar-refractivity contribution is 7.93. The largest absolute Gasteiger partial charge is 0.279 e. The lowest BCUT2D eigenvalue weighted by atomic mass is 10.3. The zero-order chi connectivity index (χ0) is 15.8. The molecule has 0 spiro atoms. The van der Waals surface area contributed by atoms with Crippen molar-refractivity contribution in [2.75, 3.05) is 4.72 Å². The second kappa shape index (κ2) is 5.09. The SMILES string of the molecule is Cn1nccc1S(=O)(=O)Nc1cc(F)ccc1S(N)(=O)=O. The Balaban J connectivity index is 2.54. The van der Waals surface area contributed by atoms with E-state index in [0.717, 1.165) is 22.9 Å². The Morgan fingerprint density at radius 2 is 1.90 bits per heavy atom. The van der Waals surface area contributed by atoms with Crippen molar-refractivity contribution in [2.45, 2.75) is 9.92 Å². The number of primary sulfonamides is 1. The summed E-state index contributed by atoms with van der Waals surface area (Å²) in [5, 5.41) is 8.45. The summed E-state index contributed by atoms with van der Waals surface area (Å²) >= 11 is 0. The van der Waals surface area contributed by atoms with Crippen molar-refractivity contribution in [1.29, 1.82) is 0 Å². The van der Waals surface area contributed by atoms with Crippen LogP contribution in [0.3, 0.4) is 0 Å². The van der Waals surface area contributed by atoms with Crippen LogP contribution in [0, 0.1) is 5.82 Å². The maximum absolute atomic E-state index is 13.2. The fraction of sp³-hybridized carbons (Fsp3) is 0.100. The molecule has 3 N–H and O–H groups in total. The number of aryl methyl sites for hydroxylation is 1. The number of halogens is 1. The predicted octanol–water partition coefficient (Wildman–Crippen LogP) is 0.00740. The Bertz CT molecular complexity index is 890. The topological polar surface area (TPSA) is 124 Å². The third-order valence-corrected chi connectivity index (χ3v) is 4.95. The molecule has 1 aromatic carbocycles. The smallest absolute Gasteiger partial charge is 0.277 e. The zero-order valence-corrected chi connectivity index (χ0v) is 12.3. The molecule has 2 aromatic rings. The molecule has 114 valence electrons. The minimum atomic E-state index is -4.22. The molecule has 1 aromatic heterocycles. The summed E-state index contributed by atoms with van der Waals surface area (Å²) in [5.74, 6) is -0.815. The Hall–Kier alpha value is -1.98. The van der Waals surface area contributed by atoms with Gasteiger partial charge in [-0.3, -0.25) is 9.40 Å². The molecule has 0 bridgehead atoms. The summed E-state index contributed by atoms with van der Waals surface area (Å²) in [5.41, 5.74) is -0.473. The Morgan fingerprint density at radius 1 is 1.24 bits per heavy atom. The van der Waals surface area contributed by atoms with Gasteiger partial charge in [-0.2, -0.15) is 13.5 Å². The van der Waals surface area contributed by atoms with Crippen molar-refractivity contribution in [3.05, 3.63) is 36.3 Å². The van der Waals surface area contributed by atoms with E-state index in [9.17, 15) is 21.2 Å². The number of anilines is 1. The maximum atomic E-state index is 13.2. The normalized spacial score (nSPS) is 12.3. The van der Waals surface area contributed by atoms with E-state index < -0.39 is 36.4 Å². The van der Waals surface area contributed by atoms with Crippen LogP contribution in [0.25, 0.3) is 0 Å². The molecular weight excluding hydrogens is 323 g/mol. The monoisotopic (exact) mass is 334 g/mol. The summed E-state index contributed by atoms with van der Waals surface area (Å²) in [6, 6.07) is 3.68. The number of benzene rings is 1. The third kappa shape index (κ3) is 3.20. The lowest BCUT2D eigenvalue weighted by Gasteiger charge is -2.11. The highest BCUT2D eigenvalue weighted by Crippen LogP contribution is 2.24. The standard InChI is InChI=1S/C10H11FN4O4S2/c1-15-10(4-5-13-15)21(18,19)14-8-6-7(11)2-3-9(8)20(12,16)17/h2-6,14H,1H3,(H2,12,16,17). The van der Waals surface area contributed by atoms with E-state index in [1.165, 1.54) is 19.3 Å². The van der Waals surface area contributed by atoms with Crippen LogP contribution < -0.4 is 9.86 Å². The molecule has 2 rings (SSSR count). The van der Waals surface area contributed by atoms with E-state index in [2.05, 4.69) is 5.10 Å². The second-order valence-corrected chi connectivity index (χ2v) is 7.24. The molecule has 0 aliphatic carbocycles. The highest BCUT2D eigenvalue weighted by atomic mass is 32.2. The van der Waals surface area contributed by atoms with Gasteiger partial charge in [-0.15, -0.1) is 0 Å². The van der Waals surface area contributed by atoms with E-state index in [0.29, 0.717) is 0 Å². The molecule has 0 amide bonds. The van der Waals surface area contributed by atoms with Gasteiger partial charge in [0.2, 0.25) is 10.0 Å². The third-order valence-electron chi connectivity index (χ3n) is 2.54. The summed E-state index contributed by atoms with van der Waals surface area (Å²) < 4.78 is 63.4. The quantitative estimate of drug-likeness (QED) is 0.815. The molecule has 8 nitrogen and oxygen atoms in total. The second-order valence-electron chi connectivity index (χ2n) is 4.08. The number of nitrogens with zero attached hydrogens (tertiary/aromatic N) is 2. The van der Waals surface area contributed by atoms with Crippen molar-refractivity contribution in [3.63, 3.8) is 0 Å². The lowest BCUT2D eigenvalue weighted by molar-refractivity contribution is 0.582. The van der Waals surface area contributed by atoms with Crippen molar-refractivity contribution >= 4 is 25.7 Å². The first kappa shape index (κ1) is 15.4. The molecule has 0 unspecified atom stereocenters. The molecule has 21 heavy (non-hydrogen) atoms. The van der Waals surface area contributed by atoms with Crippen molar-refractivity contribution in [3.8, 4) is 0 Å². The summed E-state index contributed by atoms with van der Waals surface area (Å²) in [6.07, 6.45) is 1.25. The molecule has 0 saturated heterocycles. The molecule has 1 heterocycles. The maximum Gasteiger partial charge on any atom is 0.279 e. The molecule has 0 saturated carbocycles. The van der Waals surface area contributed by atoms with Crippen molar-refractivity contribution < 1.29 is 21.2 Å². The molecular formula is C10H11FN4O4S2. The molecule has 0 atom stereocenters. The highest BCUT2D eigenvalue weighted by Gasteiger charge is 2.23. The van der Waals surface area contributed by atoms with Gasteiger partial charge in [0.25, 0.3) is 10.0 Å². The van der Waals surface area contributed by atoms with Gasteiger partial charge >= 0.3 is 0 Å². The van der Waals surface area contributed by atoms with E-state index in [-0.39, 0.29) is 5.03 Å². The molecule has 0 fully saturated rings. The first-order valence-electron chi connectivity index (χ1n) is 5.44. The average molecular weight is 334 g/mol. The number of hydrogen-bond acceptors (Lipinski definition) is 5. The minimum absolute atomic E-state index is 0.216. The predicted molar refractivity (Wildman–Crippen MR) is 71.8 cm³/mol. The Labute approximate surface area is 120 Å². The lowest BCUT2D eigenvalue weighted by Crippen LogP contribution is -2.20. The fourth-order valence-corrected chi connectivity index (χ4v) is 3.59. The van der Waals surface area contributed by atoms with Crippen LogP contribution in [0.2, 0.25) is 0 Å². The van der Waals surface area contributed by atoms with Gasteiger partial charge in [0.15, 0.2) is 5.03 Å². The first-order valence-corrected chi connectivity index (χ1v) is 8.47. The number of nitrogens with two attached hydrogens (primary N) is 1. The number of sulfonamides is 2. The van der Waals surface area contributed by atoms with E-state index in [1.54, 1.807) is 0 Å². The van der Waals surface area contributed by atoms with Gasteiger partial charge in [-0.25, -0.2) is 17.9 Å². The van der Waals surface area contributed by atoms with Gasteiger partial charge in [-0.05, 0) is 24.3 Å². The van der Waals surface area contributed by atoms with Crippen LogP contribution in [0.1, 0.15) is 0 Å². The van der Waals surface area contributed by atoms with E-state index in [1.807, 2.05) is 4.72 Å². The number of hydrogen-bond donors (Lipinski definition) is 2. The molecule has 11 heteroatoms. The Kier molecular flexibility index (Phi) is 3.74. The molecule has 0 aliphatic heterocycles. The van der Waals surface area contributed by atoms with E-state index in [4.69, 9.17) is 5.14 Å². The Morgan fingerprint density at radius 3 is 2.43 bits per heavy atom. The van der Waals surface area contributed by atoms with Gasteiger partial charge < -0.3 is 0 Å². The average Bonchev–Trinajstić information content (AvgIpc) is 2.74. The van der Waals surface area contributed by atoms with Crippen LogP contribution in [-0.2, 0) is 27.1 Å². The van der Waals surface area contributed by atoms with Crippen LogP contribution in [0.15, 0.2) is 40.4 Å². The number of rotatable bonds is 4. The van der Waals surface area contributed by atoms with Crippen LogP contribution in [-0.4, -0.2) is 26.6 Å². The zero-order valence-electron chi connectivity index (χ0n) is 10.7. The summed E-state index contributed by atoms with van der Waals surface area (Å²) in [6.45, 7) is 0. The van der Waals surface area contributed by atoms with Crippen molar-refractivity contribution in [1.82, 2.24) is 9.78 Å².